The predicted octanol–water partition coefficient (Wildman–Crippen LogP) is 5.54. The highest BCUT2D eigenvalue weighted by atomic mass is 16.6. The summed E-state index contributed by atoms with van der Waals surface area (Å²) < 4.78 is 25.1. The van der Waals surface area contributed by atoms with Crippen molar-refractivity contribution >= 4 is 34.5 Å². The molecule has 8 rings (SSSR count). The molecule has 3 aromatic rings. The third-order valence-electron chi connectivity index (χ3n) is 12.3. The number of hydrogen-bond acceptors (Lipinski definition) is 10. The molecule has 280 valence electrons. The summed E-state index contributed by atoms with van der Waals surface area (Å²) >= 11 is 0. The van der Waals surface area contributed by atoms with Crippen molar-refractivity contribution < 1.29 is 48.7 Å². The minimum atomic E-state index is -1.19. The number of H-pyrrole nitrogens is 1. The average Bonchev–Trinajstić information content (AvgIpc) is 3.96. The Hall–Kier alpha value is -4.45. The molecular formula is C42H47NO10. The molecule has 2 aromatic carbocycles. The summed E-state index contributed by atoms with van der Waals surface area (Å²) in [7, 11) is 0. The van der Waals surface area contributed by atoms with Crippen molar-refractivity contribution in [3.63, 3.8) is 0 Å². The van der Waals surface area contributed by atoms with E-state index < -0.39 is 30.2 Å². The first-order valence-electron chi connectivity index (χ1n) is 19.0. The first kappa shape index (κ1) is 35.6. The quantitative estimate of drug-likeness (QED) is 0.180. The lowest BCUT2D eigenvalue weighted by Crippen LogP contribution is -2.47. The summed E-state index contributed by atoms with van der Waals surface area (Å²) in [5.74, 6) is -1.09. The third kappa shape index (κ3) is 5.97. The molecule has 4 atom stereocenters. The number of carbonyl (C=O) groups excluding carboxylic acids is 3. The van der Waals surface area contributed by atoms with Crippen LogP contribution in [-0.2, 0) is 38.6 Å². The standard InChI is InChI=1S/C42H47NO10/c1-3-50-41(48)40-30(19-45)35-25-10-11-33(47)28(15-25)27-14-24-12-13-43-32(24)16-23(27)9-8-22(18-44)21-51-38-29-17-34(42(2,49)26-6-4-5-7-26)52-37(29)31(20-46)39(53-40)36(35)38/h12-14,16,19,22,26,28,34,43-44,46,49H,3-11,15,17-18,20-21H2,1-2H3. The van der Waals surface area contributed by atoms with E-state index in [0.29, 0.717) is 53.7 Å². The summed E-state index contributed by atoms with van der Waals surface area (Å²) in [4.78, 5) is 44.0. The van der Waals surface area contributed by atoms with Crippen LogP contribution >= 0.6 is 0 Å². The van der Waals surface area contributed by atoms with E-state index >= 15 is 0 Å². The van der Waals surface area contributed by atoms with Gasteiger partial charge in [-0.15, -0.1) is 0 Å². The van der Waals surface area contributed by atoms with Crippen LogP contribution in [0.4, 0.5) is 0 Å². The molecule has 4 unspecified atom stereocenters. The molecule has 2 aliphatic carbocycles. The summed E-state index contributed by atoms with van der Waals surface area (Å²) in [5.41, 5.74) is 4.13. The summed E-state index contributed by atoms with van der Waals surface area (Å²) in [5, 5.41) is 34.6. The molecule has 2 bridgehead atoms. The van der Waals surface area contributed by atoms with E-state index in [1.165, 1.54) is 0 Å². The maximum absolute atomic E-state index is 13.9. The number of benzene rings is 2. The van der Waals surface area contributed by atoms with Crippen molar-refractivity contribution in [1.29, 1.82) is 0 Å². The van der Waals surface area contributed by atoms with Crippen molar-refractivity contribution in [3.05, 3.63) is 69.1 Å². The number of ketones is 1. The first-order chi connectivity index (χ1) is 25.7. The van der Waals surface area contributed by atoms with Crippen molar-refractivity contribution in [2.45, 2.75) is 102 Å². The fourth-order valence-corrected chi connectivity index (χ4v) is 9.38. The second kappa shape index (κ2) is 14.1. The molecule has 11 heteroatoms. The molecule has 0 saturated heterocycles. The molecule has 5 aliphatic rings. The summed E-state index contributed by atoms with van der Waals surface area (Å²) in [6.45, 7) is 2.92. The van der Waals surface area contributed by atoms with Crippen LogP contribution in [-0.4, -0.2) is 69.9 Å². The highest BCUT2D eigenvalue weighted by Gasteiger charge is 2.49. The van der Waals surface area contributed by atoms with Crippen LogP contribution in [0.1, 0.15) is 98.9 Å². The zero-order chi connectivity index (χ0) is 37.0. The Balaban J connectivity index is 1.38. The number of ether oxygens (including phenoxy) is 4. The fraction of sp³-hybridized carbons (Fsp3) is 0.500. The van der Waals surface area contributed by atoms with Crippen molar-refractivity contribution in [2.75, 3.05) is 19.8 Å². The molecule has 0 amide bonds. The highest BCUT2D eigenvalue weighted by Crippen LogP contribution is 2.57. The topological polar surface area (TPSA) is 165 Å². The van der Waals surface area contributed by atoms with E-state index in [9.17, 15) is 29.7 Å². The molecule has 0 spiro atoms. The Morgan fingerprint density at radius 3 is 2.62 bits per heavy atom. The number of aldehydes is 1. The Bertz CT molecular complexity index is 2050. The summed E-state index contributed by atoms with van der Waals surface area (Å²) in [6, 6.07) is 6.12. The molecule has 11 nitrogen and oxygen atoms in total. The van der Waals surface area contributed by atoms with Crippen LogP contribution in [0.5, 0.6) is 17.2 Å². The Kier molecular flexibility index (Phi) is 9.45. The molecule has 4 N–H and O–H groups in total. The Morgan fingerprint density at radius 2 is 1.89 bits per heavy atom. The van der Waals surface area contributed by atoms with Gasteiger partial charge in [0.15, 0.2) is 6.29 Å². The number of Topliss-reactive ketones (excluding diaryl/α,β-unsaturated/α-hetero) is 1. The minimum Gasteiger partial charge on any atom is -0.492 e. The lowest BCUT2D eigenvalue weighted by Gasteiger charge is -2.35. The van der Waals surface area contributed by atoms with Crippen molar-refractivity contribution in [3.8, 4) is 17.2 Å². The fourth-order valence-electron chi connectivity index (χ4n) is 9.38. The molecule has 53 heavy (non-hydrogen) atoms. The van der Waals surface area contributed by atoms with Crippen LogP contribution in [0.3, 0.4) is 0 Å². The van der Waals surface area contributed by atoms with Gasteiger partial charge in [-0.2, -0.15) is 0 Å². The zero-order valence-electron chi connectivity index (χ0n) is 30.3. The maximum atomic E-state index is 13.9. The molecule has 2 fully saturated rings. The number of fused-ring (bicyclic) bond motifs is 7. The SMILES string of the molecule is CCOC(=O)C1=C(C=O)C2=C3CCC(=O)C(C3)c3cc4cc[nH]c4cc3CCC(CO)COc3c4c(c(CO)c(c32)O1)OC(C(C)(O)C1CCCC1)C4. The van der Waals surface area contributed by atoms with Gasteiger partial charge in [0.1, 0.15) is 34.7 Å². The highest BCUT2D eigenvalue weighted by molar-refractivity contribution is 6.11. The number of aliphatic hydroxyl groups excluding tert-OH is 2. The van der Waals surface area contributed by atoms with Gasteiger partial charge in [0.05, 0.1) is 36.5 Å². The number of aromatic amines is 1. The largest absolute Gasteiger partial charge is 0.492 e. The lowest BCUT2D eigenvalue weighted by atomic mass is 9.74. The van der Waals surface area contributed by atoms with E-state index in [1.54, 1.807) is 6.92 Å². The van der Waals surface area contributed by atoms with Gasteiger partial charge in [-0.3, -0.25) is 9.59 Å². The monoisotopic (exact) mass is 725 g/mol. The zero-order valence-corrected chi connectivity index (χ0v) is 30.3. The average molecular weight is 726 g/mol. The smallest absolute Gasteiger partial charge is 0.375 e. The Labute approximate surface area is 308 Å². The minimum absolute atomic E-state index is 0.0175. The number of aromatic nitrogens is 1. The van der Waals surface area contributed by atoms with E-state index in [-0.39, 0.29) is 79.3 Å². The van der Waals surface area contributed by atoms with Gasteiger partial charge in [0, 0.05) is 54.1 Å². The van der Waals surface area contributed by atoms with Crippen molar-refractivity contribution in [2.24, 2.45) is 11.8 Å². The molecule has 1 aromatic heterocycles. The van der Waals surface area contributed by atoms with Gasteiger partial charge in [0.25, 0.3) is 0 Å². The Morgan fingerprint density at radius 1 is 1.08 bits per heavy atom. The van der Waals surface area contributed by atoms with Crippen LogP contribution in [0.2, 0.25) is 0 Å². The number of aryl methyl sites for hydroxylation is 1. The van der Waals surface area contributed by atoms with E-state index in [1.807, 2.05) is 19.2 Å². The number of carbonyl (C=O) groups is 3. The number of rotatable bonds is 7. The van der Waals surface area contributed by atoms with Gasteiger partial charge in [-0.25, -0.2) is 4.79 Å². The van der Waals surface area contributed by atoms with Gasteiger partial charge in [0.2, 0.25) is 5.76 Å². The second-order valence-electron chi connectivity index (χ2n) is 15.4. The molecule has 2 saturated carbocycles. The second-order valence-corrected chi connectivity index (χ2v) is 15.4. The van der Waals surface area contributed by atoms with Gasteiger partial charge >= 0.3 is 5.97 Å². The number of hydrogen-bond donors (Lipinski definition) is 4. The maximum Gasteiger partial charge on any atom is 0.375 e. The molecule has 0 radical (unpaired) electrons. The molecule has 3 aliphatic heterocycles. The number of aliphatic hydroxyl groups is 3. The van der Waals surface area contributed by atoms with E-state index in [4.69, 9.17) is 18.9 Å². The van der Waals surface area contributed by atoms with Crippen LogP contribution < -0.4 is 14.2 Å². The van der Waals surface area contributed by atoms with Crippen LogP contribution in [0.25, 0.3) is 16.5 Å². The first-order valence-corrected chi connectivity index (χ1v) is 19.0. The van der Waals surface area contributed by atoms with Crippen LogP contribution in [0.15, 0.2) is 41.3 Å². The van der Waals surface area contributed by atoms with Crippen LogP contribution in [0, 0.1) is 11.8 Å². The predicted molar refractivity (Wildman–Crippen MR) is 195 cm³/mol. The lowest BCUT2D eigenvalue weighted by molar-refractivity contribution is -0.141. The normalized spacial score (nSPS) is 24.1. The van der Waals surface area contributed by atoms with Gasteiger partial charge in [-0.05, 0) is 93.0 Å². The molecular weight excluding hydrogens is 678 g/mol. The van der Waals surface area contributed by atoms with E-state index in [0.717, 1.165) is 53.3 Å². The van der Waals surface area contributed by atoms with E-state index in [2.05, 4.69) is 17.1 Å². The van der Waals surface area contributed by atoms with Gasteiger partial charge < -0.3 is 39.3 Å². The number of allylic oxidation sites excluding steroid dienone is 3. The number of nitrogens with one attached hydrogen (secondary N) is 1. The summed E-state index contributed by atoms with van der Waals surface area (Å²) in [6.07, 6.45) is 7.87. The van der Waals surface area contributed by atoms with Crippen molar-refractivity contribution in [1.82, 2.24) is 4.98 Å². The third-order valence-corrected chi connectivity index (χ3v) is 12.3. The van der Waals surface area contributed by atoms with Gasteiger partial charge in [-0.1, -0.05) is 18.4 Å². The molecule has 4 heterocycles. The number of esters is 1.